The van der Waals surface area contributed by atoms with E-state index in [0.717, 1.165) is 64.2 Å². The Balaban J connectivity index is 2.55. The Morgan fingerprint density at radius 2 is 1.11 bits per heavy atom. The molecular weight excluding hydrogens is 819 g/mol. The lowest BCUT2D eigenvalue weighted by molar-refractivity contribution is -0.220. The highest BCUT2D eigenvalue weighted by Crippen LogP contribution is 2.47. The van der Waals surface area contributed by atoms with Crippen molar-refractivity contribution in [1.82, 2.24) is 0 Å². The number of allylic oxidation sites excluding steroid dienone is 12. The van der Waals surface area contributed by atoms with Gasteiger partial charge in [-0.3, -0.25) is 18.6 Å². The van der Waals surface area contributed by atoms with Crippen molar-refractivity contribution in [1.29, 1.82) is 0 Å². The highest BCUT2D eigenvalue weighted by Gasteiger charge is 2.51. The number of rotatable bonds is 35. The van der Waals surface area contributed by atoms with Crippen LogP contribution in [-0.2, 0) is 32.7 Å². The average molecular weight is 897 g/mol. The number of phosphoric acid groups is 1. The maximum absolute atomic E-state index is 12.8. The van der Waals surface area contributed by atoms with E-state index in [-0.39, 0.29) is 12.8 Å². The minimum Gasteiger partial charge on any atom is -0.462 e. The Labute approximate surface area is 370 Å². The first-order chi connectivity index (χ1) is 29.8. The number of aliphatic hydroxyl groups excluding tert-OH is 6. The fourth-order valence-electron chi connectivity index (χ4n) is 6.14. The summed E-state index contributed by atoms with van der Waals surface area (Å²) in [6, 6.07) is 0. The first-order valence-electron chi connectivity index (χ1n) is 22.5. The summed E-state index contributed by atoms with van der Waals surface area (Å²) in [4.78, 5) is 35.6. The van der Waals surface area contributed by atoms with Gasteiger partial charge >= 0.3 is 19.8 Å². The third kappa shape index (κ3) is 28.6. The predicted molar refractivity (Wildman–Crippen MR) is 241 cm³/mol. The Hall–Kier alpha value is -3.01. The number of carbonyl (C=O) groups excluding carboxylic acids is 2. The van der Waals surface area contributed by atoms with E-state index in [1.807, 2.05) is 61.6 Å². The lowest BCUT2D eigenvalue weighted by atomic mass is 9.85. The van der Waals surface area contributed by atoms with Crippen molar-refractivity contribution >= 4 is 19.8 Å². The summed E-state index contributed by atoms with van der Waals surface area (Å²) in [5, 5.41) is 59.9. The molecule has 0 bridgehead atoms. The van der Waals surface area contributed by atoms with Crippen LogP contribution in [0, 0.1) is 0 Å². The number of carbonyl (C=O) groups is 2. The van der Waals surface area contributed by atoms with Gasteiger partial charge in [-0.25, -0.2) is 4.57 Å². The van der Waals surface area contributed by atoms with Crippen LogP contribution in [0.5, 0.6) is 0 Å². The van der Waals surface area contributed by atoms with Gasteiger partial charge < -0.3 is 45.0 Å². The van der Waals surface area contributed by atoms with Gasteiger partial charge in [0.2, 0.25) is 0 Å². The molecule has 9 atom stereocenters. The molecule has 1 fully saturated rings. The van der Waals surface area contributed by atoms with E-state index in [4.69, 9.17) is 18.5 Å². The number of hydrogen-bond acceptors (Lipinski definition) is 13. The van der Waals surface area contributed by atoms with Crippen molar-refractivity contribution in [3.8, 4) is 0 Å². The van der Waals surface area contributed by atoms with Gasteiger partial charge in [0.05, 0.1) is 12.7 Å². The van der Waals surface area contributed by atoms with Gasteiger partial charge in [-0.2, -0.15) is 0 Å². The third-order valence-electron chi connectivity index (χ3n) is 9.80. The molecule has 0 radical (unpaired) electrons. The molecule has 15 heteroatoms. The van der Waals surface area contributed by atoms with Crippen molar-refractivity contribution < 1.29 is 68.2 Å². The molecule has 14 nitrogen and oxygen atoms in total. The number of aliphatic hydroxyl groups is 6. The van der Waals surface area contributed by atoms with Gasteiger partial charge in [0.25, 0.3) is 0 Å². The molecule has 0 aliphatic heterocycles. The number of ether oxygens (including phenoxy) is 2. The summed E-state index contributed by atoms with van der Waals surface area (Å²) < 4.78 is 33.4. The van der Waals surface area contributed by atoms with Crippen LogP contribution in [0.25, 0.3) is 0 Å². The smallest absolute Gasteiger partial charge is 0.462 e. The van der Waals surface area contributed by atoms with Crippen molar-refractivity contribution in [2.75, 3.05) is 13.2 Å². The van der Waals surface area contributed by atoms with Gasteiger partial charge in [0, 0.05) is 12.8 Å². The third-order valence-corrected chi connectivity index (χ3v) is 10.8. The number of phosphoric ester groups is 1. The number of esters is 2. The van der Waals surface area contributed by atoms with Crippen LogP contribution in [0.1, 0.15) is 136 Å². The highest BCUT2D eigenvalue weighted by molar-refractivity contribution is 7.47. The molecule has 0 aromatic rings. The second-order valence-corrected chi connectivity index (χ2v) is 16.8. The molecule has 1 aliphatic rings. The van der Waals surface area contributed by atoms with Gasteiger partial charge in [0.15, 0.2) is 6.10 Å². The molecule has 1 aliphatic carbocycles. The van der Waals surface area contributed by atoms with Crippen molar-refractivity contribution in [3.63, 3.8) is 0 Å². The molecule has 0 amide bonds. The second kappa shape index (κ2) is 36.3. The first kappa shape index (κ1) is 57.0. The Morgan fingerprint density at radius 1 is 0.597 bits per heavy atom. The van der Waals surface area contributed by atoms with Crippen LogP contribution in [0.3, 0.4) is 0 Å². The summed E-state index contributed by atoms with van der Waals surface area (Å²) in [7, 11) is -5.15. The lowest BCUT2D eigenvalue weighted by Gasteiger charge is -2.41. The molecule has 0 spiro atoms. The zero-order chi connectivity index (χ0) is 45.9. The summed E-state index contributed by atoms with van der Waals surface area (Å²) in [5.74, 6) is -1.22. The normalized spacial score (nSPS) is 23.2. The van der Waals surface area contributed by atoms with E-state index in [1.54, 1.807) is 6.08 Å². The zero-order valence-corrected chi connectivity index (χ0v) is 37.9. The molecule has 0 heterocycles. The second-order valence-electron chi connectivity index (χ2n) is 15.4. The monoisotopic (exact) mass is 897 g/mol. The molecule has 1 saturated carbocycles. The van der Waals surface area contributed by atoms with Crippen LogP contribution in [0.2, 0.25) is 0 Å². The Morgan fingerprint density at radius 3 is 1.74 bits per heavy atom. The van der Waals surface area contributed by atoms with Gasteiger partial charge in [-0.05, 0) is 77.0 Å². The van der Waals surface area contributed by atoms with E-state index in [2.05, 4.69) is 31.2 Å². The number of unbranched alkanes of at least 4 members (excludes halogenated alkanes) is 9. The van der Waals surface area contributed by atoms with E-state index in [9.17, 15) is 49.7 Å². The fourth-order valence-corrected chi connectivity index (χ4v) is 7.11. The van der Waals surface area contributed by atoms with E-state index >= 15 is 0 Å². The summed E-state index contributed by atoms with van der Waals surface area (Å²) in [5.41, 5.74) is 0. The van der Waals surface area contributed by atoms with Crippen LogP contribution >= 0.6 is 7.82 Å². The Bertz CT molecular complexity index is 1420. The van der Waals surface area contributed by atoms with E-state index in [0.29, 0.717) is 25.7 Å². The van der Waals surface area contributed by atoms with Crippen molar-refractivity contribution in [2.45, 2.75) is 185 Å². The van der Waals surface area contributed by atoms with Gasteiger partial charge in [0.1, 0.15) is 43.2 Å². The summed E-state index contributed by atoms with van der Waals surface area (Å²) in [6.45, 7) is 2.95. The number of hydrogen-bond donors (Lipinski definition) is 7. The maximum atomic E-state index is 12.8. The average Bonchev–Trinajstić information content (AvgIpc) is 3.25. The predicted octanol–water partition coefficient (Wildman–Crippen LogP) is 7.47. The van der Waals surface area contributed by atoms with Gasteiger partial charge in [-0.15, -0.1) is 0 Å². The van der Waals surface area contributed by atoms with Crippen LogP contribution in [-0.4, -0.2) is 110 Å². The maximum Gasteiger partial charge on any atom is 0.472 e. The van der Waals surface area contributed by atoms with E-state index in [1.165, 1.54) is 19.3 Å². The van der Waals surface area contributed by atoms with Crippen molar-refractivity contribution in [3.05, 3.63) is 85.1 Å². The standard InChI is InChI=1S/C47H77O14P/c1-3-5-7-8-9-10-11-12-13-14-19-22-25-28-31-35-41(50)60-39(37-59-62(56,57)61-47-45(54)43(52)42(51)44(53)46(47)55)36-58-40(49)34-30-27-24-21-18-16-15-17-20-23-26-29-33-38(48)32-6-4-2/h6,9-10,12-13,15-16,20-21,23-24,26,29,32,38-39,42-48,51-55H,3-5,7-8,11,14,17-19,22,25,27-28,30-31,33-37H2,1-2H3,(H,56,57)/b10-9-,13-12-,16-15-,23-20-,24-21-,29-26+,32-6-/t38?,39-,42?,43-,44+,45-,46-,47?/m1/s1. The van der Waals surface area contributed by atoms with Crippen LogP contribution in [0.4, 0.5) is 0 Å². The topological polar surface area (TPSA) is 230 Å². The first-order valence-corrected chi connectivity index (χ1v) is 24.0. The molecule has 0 aromatic carbocycles. The lowest BCUT2D eigenvalue weighted by Crippen LogP contribution is -2.64. The highest BCUT2D eigenvalue weighted by atomic mass is 31.2. The molecule has 0 aromatic heterocycles. The Kier molecular flexibility index (Phi) is 33.4. The summed E-state index contributed by atoms with van der Waals surface area (Å²) >= 11 is 0. The largest absolute Gasteiger partial charge is 0.472 e. The molecule has 354 valence electrons. The van der Waals surface area contributed by atoms with Crippen LogP contribution in [0.15, 0.2) is 85.1 Å². The molecule has 7 N–H and O–H groups in total. The minimum absolute atomic E-state index is 0.0551. The quantitative estimate of drug-likeness (QED) is 0.0108. The molecule has 0 saturated heterocycles. The molecule has 62 heavy (non-hydrogen) atoms. The van der Waals surface area contributed by atoms with E-state index < -0.39 is 81.8 Å². The van der Waals surface area contributed by atoms with Gasteiger partial charge in [-0.1, -0.05) is 131 Å². The van der Waals surface area contributed by atoms with Crippen molar-refractivity contribution in [2.24, 2.45) is 0 Å². The SMILES string of the molecule is CC/C=C\C(O)C/C=C/C=C\C/C=C\C/C=C\CCCC(=O)OC[C@H](COP(=O)(O)OC1[C@H](O)[C@H](O)C(O)[C@H](O)[C@H]1O)OC(=O)CCCCCCC/C=C\C/C=C\CCCCC. The van der Waals surface area contributed by atoms with Crippen LogP contribution < -0.4 is 0 Å². The minimum atomic E-state index is -5.15. The summed E-state index contributed by atoms with van der Waals surface area (Å²) in [6.07, 6.45) is 29.8. The molecular formula is C47H77O14P. The molecule has 4 unspecified atom stereocenters. The fraction of sp³-hybridized carbons (Fsp3) is 0.660. The zero-order valence-electron chi connectivity index (χ0n) is 37.0. The molecule has 1 rings (SSSR count).